The number of rotatable bonds is 4. The first-order valence-corrected chi connectivity index (χ1v) is 7.11. The molecule has 0 aliphatic carbocycles. The van der Waals surface area contributed by atoms with E-state index in [4.69, 9.17) is 16.3 Å². The Morgan fingerprint density at radius 3 is 2.86 bits per heavy atom. The van der Waals surface area contributed by atoms with Gasteiger partial charge >= 0.3 is 0 Å². The zero-order valence-corrected chi connectivity index (χ0v) is 12.3. The lowest BCUT2D eigenvalue weighted by molar-refractivity contribution is 0.267. The average Bonchev–Trinajstić information content (AvgIpc) is 2.91. The molecule has 1 heterocycles. The van der Waals surface area contributed by atoms with Crippen molar-refractivity contribution in [3.8, 4) is 17.1 Å². The number of benzene rings is 2. The van der Waals surface area contributed by atoms with Gasteiger partial charge in [-0.3, -0.25) is 0 Å². The van der Waals surface area contributed by atoms with Crippen LogP contribution in [0.4, 0.5) is 0 Å². The number of H-pyrrole nitrogens is 1. The second-order valence-electron chi connectivity index (χ2n) is 4.66. The zero-order valence-electron chi connectivity index (χ0n) is 11.6. The molecule has 108 valence electrons. The first-order valence-electron chi connectivity index (χ1n) is 6.73. The first kappa shape index (κ1) is 13.9. The number of imidazole rings is 1. The third kappa shape index (κ3) is 2.73. The van der Waals surface area contributed by atoms with Crippen molar-refractivity contribution >= 4 is 22.6 Å². The van der Waals surface area contributed by atoms with Gasteiger partial charge < -0.3 is 14.8 Å². The summed E-state index contributed by atoms with van der Waals surface area (Å²) in [5.41, 5.74) is 3.38. The summed E-state index contributed by atoms with van der Waals surface area (Å²) >= 11 is 5.98. The minimum atomic E-state index is -0.0742. The standard InChI is InChI=1S/C16H15ClN2O2/c1-2-21-15-6-3-10(7-11(15)9-20)16-18-13-5-4-12(17)8-14(13)19-16/h3-8,20H,2,9H2,1H3,(H,18,19). The van der Waals surface area contributed by atoms with Crippen LogP contribution in [-0.2, 0) is 6.61 Å². The second-order valence-corrected chi connectivity index (χ2v) is 5.10. The molecule has 2 aromatic carbocycles. The van der Waals surface area contributed by atoms with Crippen molar-refractivity contribution in [2.24, 2.45) is 0 Å². The van der Waals surface area contributed by atoms with Gasteiger partial charge in [0.05, 0.1) is 24.2 Å². The van der Waals surface area contributed by atoms with Crippen LogP contribution in [0.25, 0.3) is 22.4 Å². The number of nitrogens with zero attached hydrogens (tertiary/aromatic N) is 1. The second kappa shape index (κ2) is 5.76. The highest BCUT2D eigenvalue weighted by Gasteiger charge is 2.09. The van der Waals surface area contributed by atoms with Crippen LogP contribution in [0, 0.1) is 0 Å². The Morgan fingerprint density at radius 2 is 2.10 bits per heavy atom. The van der Waals surface area contributed by atoms with Crippen LogP contribution in [0.3, 0.4) is 0 Å². The van der Waals surface area contributed by atoms with Crippen LogP contribution < -0.4 is 4.74 Å². The fourth-order valence-electron chi connectivity index (χ4n) is 2.27. The number of aromatic nitrogens is 2. The zero-order chi connectivity index (χ0) is 14.8. The molecule has 1 aromatic heterocycles. The average molecular weight is 303 g/mol. The van der Waals surface area contributed by atoms with E-state index in [1.807, 2.05) is 43.3 Å². The Bertz CT molecular complexity index is 783. The number of nitrogens with one attached hydrogen (secondary N) is 1. The van der Waals surface area contributed by atoms with E-state index in [1.54, 1.807) is 0 Å². The molecule has 2 N–H and O–H groups in total. The fraction of sp³-hybridized carbons (Fsp3) is 0.188. The Labute approximate surface area is 127 Å². The fourth-order valence-corrected chi connectivity index (χ4v) is 2.44. The highest BCUT2D eigenvalue weighted by molar-refractivity contribution is 6.31. The number of aliphatic hydroxyl groups excluding tert-OH is 1. The molecule has 0 saturated carbocycles. The normalized spacial score (nSPS) is 11.0. The lowest BCUT2D eigenvalue weighted by Gasteiger charge is -2.09. The number of aliphatic hydroxyl groups is 1. The van der Waals surface area contributed by atoms with Gasteiger partial charge in [-0.15, -0.1) is 0 Å². The Kier molecular flexibility index (Phi) is 3.82. The van der Waals surface area contributed by atoms with E-state index in [2.05, 4.69) is 9.97 Å². The number of hydrogen-bond acceptors (Lipinski definition) is 3. The van der Waals surface area contributed by atoms with Crippen molar-refractivity contribution in [2.75, 3.05) is 6.61 Å². The predicted molar refractivity (Wildman–Crippen MR) is 83.6 cm³/mol. The highest BCUT2D eigenvalue weighted by Crippen LogP contribution is 2.27. The molecule has 3 aromatic rings. The number of fused-ring (bicyclic) bond motifs is 1. The van der Waals surface area contributed by atoms with Gasteiger partial charge in [0.2, 0.25) is 0 Å². The maximum atomic E-state index is 9.46. The Morgan fingerprint density at radius 1 is 1.24 bits per heavy atom. The molecule has 0 amide bonds. The first-order chi connectivity index (χ1) is 10.2. The van der Waals surface area contributed by atoms with Gasteiger partial charge in [-0.2, -0.15) is 0 Å². The molecular weight excluding hydrogens is 288 g/mol. The van der Waals surface area contributed by atoms with E-state index < -0.39 is 0 Å². The number of aromatic amines is 1. The molecule has 0 spiro atoms. The van der Waals surface area contributed by atoms with E-state index >= 15 is 0 Å². The molecule has 0 atom stereocenters. The summed E-state index contributed by atoms with van der Waals surface area (Å²) in [6.45, 7) is 2.41. The van der Waals surface area contributed by atoms with Crippen LogP contribution in [-0.4, -0.2) is 21.7 Å². The quantitative estimate of drug-likeness (QED) is 0.771. The molecule has 0 saturated heterocycles. The molecule has 4 nitrogen and oxygen atoms in total. The number of halogens is 1. The van der Waals surface area contributed by atoms with Crippen molar-refractivity contribution in [3.05, 3.63) is 47.0 Å². The van der Waals surface area contributed by atoms with Crippen LogP contribution >= 0.6 is 11.6 Å². The molecule has 0 radical (unpaired) electrons. The number of hydrogen-bond donors (Lipinski definition) is 2. The van der Waals surface area contributed by atoms with Crippen LogP contribution in [0.5, 0.6) is 5.75 Å². The van der Waals surface area contributed by atoms with Crippen LogP contribution in [0.2, 0.25) is 5.02 Å². The van der Waals surface area contributed by atoms with Crippen molar-refractivity contribution in [3.63, 3.8) is 0 Å². The largest absolute Gasteiger partial charge is 0.494 e. The predicted octanol–water partition coefficient (Wildman–Crippen LogP) is 3.77. The minimum Gasteiger partial charge on any atom is -0.494 e. The highest BCUT2D eigenvalue weighted by atomic mass is 35.5. The van der Waals surface area contributed by atoms with Crippen molar-refractivity contribution < 1.29 is 9.84 Å². The lowest BCUT2D eigenvalue weighted by Crippen LogP contribution is -1.97. The Balaban J connectivity index is 2.05. The van der Waals surface area contributed by atoms with Gasteiger partial charge in [-0.1, -0.05) is 11.6 Å². The van der Waals surface area contributed by atoms with Crippen molar-refractivity contribution in [2.45, 2.75) is 13.5 Å². The molecule has 0 unspecified atom stereocenters. The maximum absolute atomic E-state index is 9.46. The van der Waals surface area contributed by atoms with Crippen molar-refractivity contribution in [1.82, 2.24) is 9.97 Å². The van der Waals surface area contributed by atoms with Gasteiger partial charge in [0.1, 0.15) is 11.6 Å². The summed E-state index contributed by atoms with van der Waals surface area (Å²) < 4.78 is 5.49. The minimum absolute atomic E-state index is 0.0742. The summed E-state index contributed by atoms with van der Waals surface area (Å²) in [7, 11) is 0. The van der Waals surface area contributed by atoms with E-state index in [-0.39, 0.29) is 6.61 Å². The summed E-state index contributed by atoms with van der Waals surface area (Å²) in [6.07, 6.45) is 0. The van der Waals surface area contributed by atoms with Gasteiger partial charge in [-0.25, -0.2) is 4.98 Å². The molecule has 0 aliphatic rings. The molecule has 0 bridgehead atoms. The van der Waals surface area contributed by atoms with Gasteiger partial charge in [0.15, 0.2) is 0 Å². The van der Waals surface area contributed by atoms with E-state index in [0.717, 1.165) is 28.0 Å². The summed E-state index contributed by atoms with van der Waals surface area (Å²) in [5, 5.41) is 10.1. The molecular formula is C16H15ClN2O2. The van der Waals surface area contributed by atoms with Crippen LogP contribution in [0.1, 0.15) is 12.5 Å². The van der Waals surface area contributed by atoms with E-state index in [0.29, 0.717) is 17.4 Å². The maximum Gasteiger partial charge on any atom is 0.138 e. The molecule has 5 heteroatoms. The third-order valence-corrected chi connectivity index (χ3v) is 3.48. The summed E-state index contributed by atoms with van der Waals surface area (Å²) in [6, 6.07) is 11.2. The third-order valence-electron chi connectivity index (χ3n) is 3.25. The van der Waals surface area contributed by atoms with Gasteiger partial charge in [0, 0.05) is 16.1 Å². The van der Waals surface area contributed by atoms with Crippen LogP contribution in [0.15, 0.2) is 36.4 Å². The lowest BCUT2D eigenvalue weighted by atomic mass is 10.1. The molecule has 21 heavy (non-hydrogen) atoms. The Hall–Kier alpha value is -2.04. The number of ether oxygens (including phenoxy) is 1. The summed E-state index contributed by atoms with van der Waals surface area (Å²) in [4.78, 5) is 7.78. The van der Waals surface area contributed by atoms with E-state index in [9.17, 15) is 5.11 Å². The smallest absolute Gasteiger partial charge is 0.138 e. The topological polar surface area (TPSA) is 58.1 Å². The molecule has 0 aliphatic heterocycles. The molecule has 0 fully saturated rings. The molecule has 3 rings (SSSR count). The van der Waals surface area contributed by atoms with E-state index in [1.165, 1.54) is 0 Å². The monoisotopic (exact) mass is 302 g/mol. The summed E-state index contributed by atoms with van der Waals surface area (Å²) in [5.74, 6) is 1.44. The SMILES string of the molecule is CCOc1ccc(-c2nc3ccc(Cl)cc3[nH]2)cc1CO. The van der Waals surface area contributed by atoms with Gasteiger partial charge in [-0.05, 0) is 43.3 Å². The van der Waals surface area contributed by atoms with Crippen molar-refractivity contribution in [1.29, 1.82) is 0 Å². The van der Waals surface area contributed by atoms with Gasteiger partial charge in [0.25, 0.3) is 0 Å².